The van der Waals surface area contributed by atoms with Gasteiger partial charge in [-0.1, -0.05) is 6.07 Å². The maximum absolute atomic E-state index is 13.5. The van der Waals surface area contributed by atoms with Gasteiger partial charge in [-0.05, 0) is 44.0 Å². The number of hydrogen-bond acceptors (Lipinski definition) is 3. The molecule has 0 saturated heterocycles. The average Bonchev–Trinajstić information content (AvgIpc) is 2.62. The molecule has 0 aliphatic carbocycles. The van der Waals surface area contributed by atoms with Crippen molar-refractivity contribution in [2.75, 3.05) is 26.2 Å². The van der Waals surface area contributed by atoms with Gasteiger partial charge in [0, 0.05) is 31.0 Å². The Kier molecular flexibility index (Phi) is 10.6. The lowest BCUT2D eigenvalue weighted by Crippen LogP contribution is -2.39. The van der Waals surface area contributed by atoms with Gasteiger partial charge in [0.1, 0.15) is 12.4 Å². The number of aliphatic imine (C=N–C) groups is 1. The van der Waals surface area contributed by atoms with E-state index < -0.39 is 11.6 Å². The predicted molar refractivity (Wildman–Crippen MR) is 114 cm³/mol. The Bertz CT molecular complexity index is 726. The van der Waals surface area contributed by atoms with Crippen molar-refractivity contribution >= 4 is 29.9 Å². The van der Waals surface area contributed by atoms with Crippen LogP contribution >= 0.6 is 24.0 Å². The zero-order valence-corrected chi connectivity index (χ0v) is 17.8. The maximum Gasteiger partial charge on any atom is 0.191 e. The van der Waals surface area contributed by atoms with E-state index in [4.69, 9.17) is 4.74 Å². The highest BCUT2D eigenvalue weighted by atomic mass is 127. The van der Waals surface area contributed by atoms with Gasteiger partial charge in [0.05, 0.1) is 6.54 Å². The predicted octanol–water partition coefficient (Wildman–Crippen LogP) is 3.46. The zero-order valence-electron chi connectivity index (χ0n) is 15.5. The van der Waals surface area contributed by atoms with Crippen molar-refractivity contribution in [1.82, 2.24) is 15.6 Å². The van der Waals surface area contributed by atoms with Crippen molar-refractivity contribution < 1.29 is 13.5 Å². The molecule has 2 rings (SSSR count). The van der Waals surface area contributed by atoms with E-state index in [1.54, 1.807) is 0 Å². The van der Waals surface area contributed by atoms with Gasteiger partial charge >= 0.3 is 0 Å². The van der Waals surface area contributed by atoms with E-state index in [0.717, 1.165) is 36.4 Å². The van der Waals surface area contributed by atoms with Crippen molar-refractivity contribution in [3.8, 4) is 5.75 Å². The van der Waals surface area contributed by atoms with Crippen LogP contribution in [0, 0.1) is 18.6 Å². The number of aromatic nitrogens is 1. The number of nitrogens with zero attached hydrogens (tertiary/aromatic N) is 2. The molecule has 27 heavy (non-hydrogen) atoms. The van der Waals surface area contributed by atoms with E-state index in [-0.39, 0.29) is 36.3 Å². The minimum absolute atomic E-state index is 0. The van der Waals surface area contributed by atoms with Crippen LogP contribution in [-0.2, 0) is 6.42 Å². The van der Waals surface area contributed by atoms with Crippen molar-refractivity contribution in [2.45, 2.75) is 20.3 Å². The topological polar surface area (TPSA) is 58.5 Å². The van der Waals surface area contributed by atoms with Gasteiger partial charge in [-0.15, -0.1) is 24.0 Å². The minimum atomic E-state index is -0.711. The summed E-state index contributed by atoms with van der Waals surface area (Å²) in [5.74, 6) is -0.645. The zero-order chi connectivity index (χ0) is 18.8. The molecule has 1 heterocycles. The molecule has 1 aromatic carbocycles. The highest BCUT2D eigenvalue weighted by Gasteiger charge is 2.04. The molecule has 2 aromatic rings. The molecule has 0 radical (unpaired) electrons. The number of ether oxygens (including phenoxy) is 1. The maximum atomic E-state index is 13.5. The Morgan fingerprint density at radius 3 is 2.67 bits per heavy atom. The third-order valence-electron chi connectivity index (χ3n) is 3.53. The number of nitrogens with one attached hydrogen (secondary N) is 2. The molecular formula is C19H25F2IN4O. The van der Waals surface area contributed by atoms with Crippen LogP contribution in [-0.4, -0.2) is 37.2 Å². The molecule has 1 aromatic heterocycles. The van der Waals surface area contributed by atoms with Crippen molar-refractivity contribution in [3.63, 3.8) is 0 Å². The molecule has 148 valence electrons. The van der Waals surface area contributed by atoms with E-state index in [2.05, 4.69) is 20.6 Å². The van der Waals surface area contributed by atoms with Crippen molar-refractivity contribution in [3.05, 3.63) is 59.4 Å². The summed E-state index contributed by atoms with van der Waals surface area (Å²) in [6.45, 7) is 5.95. The number of pyridine rings is 1. The highest BCUT2D eigenvalue weighted by molar-refractivity contribution is 14.0. The van der Waals surface area contributed by atoms with Gasteiger partial charge in [0.2, 0.25) is 0 Å². The normalized spacial score (nSPS) is 10.9. The summed E-state index contributed by atoms with van der Waals surface area (Å²) in [5, 5.41) is 6.26. The smallest absolute Gasteiger partial charge is 0.191 e. The van der Waals surface area contributed by atoms with Crippen LogP contribution in [0.5, 0.6) is 5.75 Å². The van der Waals surface area contributed by atoms with Gasteiger partial charge < -0.3 is 15.4 Å². The van der Waals surface area contributed by atoms with Crippen LogP contribution in [0.15, 0.2) is 41.5 Å². The molecule has 0 aliphatic heterocycles. The lowest BCUT2D eigenvalue weighted by molar-refractivity contribution is 0.304. The molecule has 0 bridgehead atoms. The summed E-state index contributed by atoms with van der Waals surface area (Å²) in [7, 11) is 0. The summed E-state index contributed by atoms with van der Waals surface area (Å²) in [5.41, 5.74) is 2.12. The third-order valence-corrected chi connectivity index (χ3v) is 3.53. The molecule has 0 saturated carbocycles. The molecule has 2 N–H and O–H groups in total. The Labute approximate surface area is 175 Å². The van der Waals surface area contributed by atoms with E-state index in [0.29, 0.717) is 19.0 Å². The van der Waals surface area contributed by atoms with Crippen LogP contribution in [0.3, 0.4) is 0 Å². The lowest BCUT2D eigenvalue weighted by atomic mass is 10.2. The van der Waals surface area contributed by atoms with Crippen LogP contribution in [0.4, 0.5) is 8.78 Å². The van der Waals surface area contributed by atoms with Crippen molar-refractivity contribution in [1.29, 1.82) is 0 Å². The summed E-state index contributed by atoms with van der Waals surface area (Å²) in [6, 6.07) is 7.27. The first-order valence-electron chi connectivity index (χ1n) is 8.60. The SMILES string of the molecule is CCNC(=NCCc1ccc(C)nc1)NCCOc1ccc(F)cc1F.I. The van der Waals surface area contributed by atoms with Gasteiger partial charge in [0.15, 0.2) is 17.5 Å². The first-order valence-corrected chi connectivity index (χ1v) is 8.60. The third kappa shape index (κ3) is 8.51. The molecule has 8 heteroatoms. The number of guanidine groups is 1. The summed E-state index contributed by atoms with van der Waals surface area (Å²) in [4.78, 5) is 8.76. The fourth-order valence-electron chi connectivity index (χ4n) is 2.21. The summed E-state index contributed by atoms with van der Waals surface area (Å²) >= 11 is 0. The van der Waals surface area contributed by atoms with E-state index in [9.17, 15) is 8.78 Å². The Hall–Kier alpha value is -1.97. The molecule has 0 atom stereocenters. The molecular weight excluding hydrogens is 465 g/mol. The minimum Gasteiger partial charge on any atom is -0.489 e. The molecule has 0 unspecified atom stereocenters. The molecule has 0 spiro atoms. The average molecular weight is 490 g/mol. The standard InChI is InChI=1S/C19H24F2N4O.HI/c1-3-22-19(23-9-8-15-5-4-14(2)25-13-15)24-10-11-26-18-7-6-16(20)12-17(18)21;/h4-7,12-13H,3,8-11H2,1-2H3,(H2,22,23,24);1H. The second kappa shape index (κ2) is 12.4. The van der Waals surface area contributed by atoms with Gasteiger partial charge in [-0.3, -0.25) is 9.98 Å². The first kappa shape index (κ1) is 23.1. The van der Waals surface area contributed by atoms with Crippen LogP contribution in [0.1, 0.15) is 18.2 Å². The van der Waals surface area contributed by atoms with Gasteiger partial charge in [-0.2, -0.15) is 0 Å². The Balaban J connectivity index is 0.00000364. The Morgan fingerprint density at radius 2 is 2.00 bits per heavy atom. The number of halogens is 3. The monoisotopic (exact) mass is 490 g/mol. The van der Waals surface area contributed by atoms with Crippen LogP contribution in [0.25, 0.3) is 0 Å². The van der Waals surface area contributed by atoms with Crippen LogP contribution in [0.2, 0.25) is 0 Å². The fourth-order valence-corrected chi connectivity index (χ4v) is 2.21. The number of hydrogen-bond donors (Lipinski definition) is 2. The fraction of sp³-hybridized carbons (Fsp3) is 0.368. The highest BCUT2D eigenvalue weighted by Crippen LogP contribution is 2.17. The van der Waals surface area contributed by atoms with Crippen molar-refractivity contribution in [2.24, 2.45) is 4.99 Å². The number of rotatable bonds is 8. The lowest BCUT2D eigenvalue weighted by Gasteiger charge is -2.12. The number of aryl methyl sites for hydroxylation is 1. The second-order valence-corrected chi connectivity index (χ2v) is 5.67. The first-order chi connectivity index (χ1) is 12.6. The Morgan fingerprint density at radius 1 is 1.19 bits per heavy atom. The van der Waals surface area contributed by atoms with Gasteiger partial charge in [-0.25, -0.2) is 8.78 Å². The van der Waals surface area contributed by atoms with Crippen LogP contribution < -0.4 is 15.4 Å². The van der Waals surface area contributed by atoms with E-state index in [1.807, 2.05) is 32.2 Å². The van der Waals surface area contributed by atoms with E-state index >= 15 is 0 Å². The molecule has 0 amide bonds. The molecule has 0 aliphatic rings. The largest absolute Gasteiger partial charge is 0.489 e. The summed E-state index contributed by atoms with van der Waals surface area (Å²) in [6.07, 6.45) is 2.65. The van der Waals surface area contributed by atoms with E-state index in [1.165, 1.54) is 6.07 Å². The second-order valence-electron chi connectivity index (χ2n) is 5.67. The molecule has 0 fully saturated rings. The van der Waals surface area contributed by atoms with Gasteiger partial charge in [0.25, 0.3) is 0 Å². The molecule has 5 nitrogen and oxygen atoms in total. The summed E-state index contributed by atoms with van der Waals surface area (Å²) < 4.78 is 31.6. The number of benzene rings is 1. The quantitative estimate of drug-likeness (QED) is 0.258.